The van der Waals surface area contributed by atoms with Crippen LogP contribution in [0.3, 0.4) is 0 Å². The molecule has 4 nitrogen and oxygen atoms in total. The van der Waals surface area contributed by atoms with Crippen molar-refractivity contribution in [1.82, 2.24) is 9.80 Å². The van der Waals surface area contributed by atoms with Gasteiger partial charge in [0.05, 0.1) is 12.0 Å². The highest BCUT2D eigenvalue weighted by molar-refractivity contribution is 7.10. The maximum atomic E-state index is 13.2. The van der Waals surface area contributed by atoms with Crippen LogP contribution in [0.2, 0.25) is 0 Å². The summed E-state index contributed by atoms with van der Waals surface area (Å²) in [6.45, 7) is 6.20. The minimum absolute atomic E-state index is 0.0410. The molecule has 4 rings (SSSR count). The molecule has 3 heterocycles. The fraction of sp³-hybridized carbons (Fsp3) is 0.455. The highest BCUT2D eigenvalue weighted by Gasteiger charge is 2.35. The number of nitrogens with zero attached hydrogens (tertiary/aromatic N) is 2. The molecule has 2 amide bonds. The molecule has 1 aromatic carbocycles. The predicted octanol–water partition coefficient (Wildman–Crippen LogP) is 4.05. The van der Waals surface area contributed by atoms with E-state index in [0.29, 0.717) is 12.1 Å². The number of carbonyl (C=O) groups excluding carboxylic acids is 2. The third-order valence-corrected chi connectivity index (χ3v) is 6.91. The number of benzene rings is 1. The largest absolute Gasteiger partial charge is 0.338 e. The average Bonchev–Trinajstić information content (AvgIpc) is 3.18. The molecule has 1 saturated heterocycles. The Morgan fingerprint density at radius 3 is 2.67 bits per heavy atom. The number of fused-ring (bicyclic) bond motifs is 1. The molecule has 0 saturated carbocycles. The van der Waals surface area contributed by atoms with Crippen LogP contribution in [0.25, 0.3) is 0 Å². The Hall–Kier alpha value is -2.14. The van der Waals surface area contributed by atoms with Crippen molar-refractivity contribution < 1.29 is 9.59 Å². The Balaban J connectivity index is 1.46. The molecular formula is C22H26N2O2S. The number of carbonyl (C=O) groups is 2. The summed E-state index contributed by atoms with van der Waals surface area (Å²) in [5.74, 6) is 0.163. The summed E-state index contributed by atoms with van der Waals surface area (Å²) in [7, 11) is 0. The summed E-state index contributed by atoms with van der Waals surface area (Å²) < 4.78 is 0. The van der Waals surface area contributed by atoms with E-state index in [1.54, 1.807) is 11.3 Å². The van der Waals surface area contributed by atoms with Crippen molar-refractivity contribution in [1.29, 1.82) is 0 Å². The molecule has 1 aromatic heterocycles. The molecule has 2 aliphatic heterocycles. The summed E-state index contributed by atoms with van der Waals surface area (Å²) >= 11 is 1.79. The van der Waals surface area contributed by atoms with Gasteiger partial charge in [-0.25, -0.2) is 0 Å². The summed E-state index contributed by atoms with van der Waals surface area (Å²) in [6.07, 6.45) is 2.71. The third-order valence-electron chi connectivity index (χ3n) is 5.92. The highest BCUT2D eigenvalue weighted by Crippen LogP contribution is 2.34. The number of hydrogen-bond acceptors (Lipinski definition) is 3. The molecule has 0 aliphatic carbocycles. The van der Waals surface area contributed by atoms with Crippen molar-refractivity contribution in [3.8, 4) is 0 Å². The van der Waals surface area contributed by atoms with E-state index in [4.69, 9.17) is 0 Å². The minimum Gasteiger partial charge on any atom is -0.338 e. The number of hydrogen-bond donors (Lipinski definition) is 0. The number of piperidine rings is 1. The normalized spacial score (nSPS) is 22.4. The van der Waals surface area contributed by atoms with Crippen molar-refractivity contribution in [2.24, 2.45) is 5.92 Å². The summed E-state index contributed by atoms with van der Waals surface area (Å²) in [4.78, 5) is 31.4. The van der Waals surface area contributed by atoms with Crippen LogP contribution in [-0.4, -0.2) is 41.2 Å². The first-order chi connectivity index (χ1) is 13.0. The first-order valence-electron chi connectivity index (χ1n) is 9.77. The lowest BCUT2D eigenvalue weighted by Crippen LogP contribution is -2.48. The van der Waals surface area contributed by atoms with Crippen LogP contribution in [0, 0.1) is 12.8 Å². The van der Waals surface area contributed by atoms with Crippen molar-refractivity contribution in [2.75, 3.05) is 19.6 Å². The van der Waals surface area contributed by atoms with Gasteiger partial charge in [0, 0.05) is 30.1 Å². The molecular weight excluding hydrogens is 356 g/mol. The fourth-order valence-corrected chi connectivity index (χ4v) is 5.25. The van der Waals surface area contributed by atoms with Crippen molar-refractivity contribution in [2.45, 2.75) is 39.2 Å². The standard InChI is InChI=1S/C22H26N2O2S/c1-15-5-7-17(8-6-15)21(25)23-11-3-4-18(14-23)22(26)24-12-9-20-19(16(24)2)10-13-27-20/h5-8,10,13,16,18H,3-4,9,11-12,14H2,1-2H3. The Morgan fingerprint density at radius 2 is 1.89 bits per heavy atom. The van der Waals surface area contributed by atoms with Crippen LogP contribution in [0.15, 0.2) is 35.7 Å². The van der Waals surface area contributed by atoms with Gasteiger partial charge in [-0.2, -0.15) is 0 Å². The molecule has 2 atom stereocenters. The van der Waals surface area contributed by atoms with Gasteiger partial charge in [0.15, 0.2) is 0 Å². The Labute approximate surface area is 164 Å². The smallest absolute Gasteiger partial charge is 0.253 e. The average molecular weight is 383 g/mol. The molecule has 2 aliphatic rings. The molecule has 0 bridgehead atoms. The zero-order valence-electron chi connectivity index (χ0n) is 16.0. The second-order valence-electron chi connectivity index (χ2n) is 7.71. The first-order valence-corrected chi connectivity index (χ1v) is 10.6. The lowest BCUT2D eigenvalue weighted by Gasteiger charge is -2.39. The van der Waals surface area contributed by atoms with Crippen molar-refractivity contribution in [3.05, 3.63) is 57.3 Å². The van der Waals surface area contributed by atoms with Crippen molar-refractivity contribution >= 4 is 23.2 Å². The SMILES string of the molecule is Cc1ccc(C(=O)N2CCCC(C(=O)N3CCc4sccc4C3C)C2)cc1. The summed E-state index contributed by atoms with van der Waals surface area (Å²) in [5.41, 5.74) is 3.15. The van der Waals surface area contributed by atoms with Crippen LogP contribution in [0.1, 0.15) is 52.2 Å². The Bertz CT molecular complexity index is 842. The summed E-state index contributed by atoms with van der Waals surface area (Å²) in [5, 5.41) is 2.12. The van der Waals surface area contributed by atoms with E-state index in [9.17, 15) is 9.59 Å². The maximum absolute atomic E-state index is 13.2. The van der Waals surface area contributed by atoms with E-state index >= 15 is 0 Å². The van der Waals surface area contributed by atoms with E-state index in [-0.39, 0.29) is 23.8 Å². The Morgan fingerprint density at radius 1 is 1.11 bits per heavy atom. The van der Waals surface area contributed by atoms with E-state index in [0.717, 1.165) is 37.9 Å². The molecule has 1 fully saturated rings. The van der Waals surface area contributed by atoms with Crippen LogP contribution in [0.5, 0.6) is 0 Å². The minimum atomic E-state index is -0.0872. The second-order valence-corrected chi connectivity index (χ2v) is 8.71. The number of rotatable bonds is 2. The van der Waals surface area contributed by atoms with E-state index in [2.05, 4.69) is 18.4 Å². The van der Waals surface area contributed by atoms with Crippen molar-refractivity contribution in [3.63, 3.8) is 0 Å². The van der Waals surface area contributed by atoms with Crippen LogP contribution in [0.4, 0.5) is 0 Å². The van der Waals surface area contributed by atoms with E-state index < -0.39 is 0 Å². The van der Waals surface area contributed by atoms with Gasteiger partial charge in [-0.3, -0.25) is 9.59 Å². The highest BCUT2D eigenvalue weighted by atomic mass is 32.1. The number of thiophene rings is 1. The van der Waals surface area contributed by atoms with Gasteiger partial charge in [0.25, 0.3) is 5.91 Å². The molecule has 27 heavy (non-hydrogen) atoms. The number of aryl methyl sites for hydroxylation is 1. The fourth-order valence-electron chi connectivity index (χ4n) is 4.29. The lowest BCUT2D eigenvalue weighted by atomic mass is 9.93. The molecule has 0 radical (unpaired) electrons. The quantitative estimate of drug-likeness (QED) is 0.786. The molecule has 0 spiro atoms. The van der Waals surface area contributed by atoms with Gasteiger partial charge in [-0.1, -0.05) is 17.7 Å². The monoisotopic (exact) mass is 382 g/mol. The molecule has 2 unspecified atom stereocenters. The van der Waals surface area contributed by atoms with Gasteiger partial charge in [0.1, 0.15) is 0 Å². The van der Waals surface area contributed by atoms with Gasteiger partial charge >= 0.3 is 0 Å². The van der Waals surface area contributed by atoms with Crippen LogP contribution < -0.4 is 0 Å². The predicted molar refractivity (Wildman–Crippen MR) is 108 cm³/mol. The van der Waals surface area contributed by atoms with Crippen LogP contribution >= 0.6 is 11.3 Å². The maximum Gasteiger partial charge on any atom is 0.253 e. The van der Waals surface area contributed by atoms with E-state index in [1.807, 2.05) is 41.0 Å². The zero-order valence-corrected chi connectivity index (χ0v) is 16.8. The molecule has 5 heteroatoms. The topological polar surface area (TPSA) is 40.6 Å². The first kappa shape index (κ1) is 18.2. The number of likely N-dealkylation sites (tertiary alicyclic amines) is 1. The molecule has 0 N–H and O–H groups in total. The number of amides is 2. The van der Waals surface area contributed by atoms with E-state index in [1.165, 1.54) is 10.4 Å². The van der Waals surface area contributed by atoms with Gasteiger partial charge in [0.2, 0.25) is 5.91 Å². The Kier molecular flexibility index (Phi) is 5.04. The molecule has 2 aromatic rings. The summed E-state index contributed by atoms with van der Waals surface area (Å²) in [6, 6.07) is 9.98. The lowest BCUT2D eigenvalue weighted by molar-refractivity contribution is -0.139. The molecule has 142 valence electrons. The van der Waals surface area contributed by atoms with Gasteiger partial charge < -0.3 is 9.80 Å². The van der Waals surface area contributed by atoms with Gasteiger partial charge in [-0.15, -0.1) is 11.3 Å². The second kappa shape index (κ2) is 7.47. The van der Waals surface area contributed by atoms with Gasteiger partial charge in [-0.05, 0) is 62.3 Å². The third kappa shape index (κ3) is 3.53. The van der Waals surface area contributed by atoms with Crippen LogP contribution in [-0.2, 0) is 11.2 Å². The zero-order chi connectivity index (χ0) is 19.0.